The van der Waals surface area contributed by atoms with Gasteiger partial charge in [-0.25, -0.2) is 0 Å². The summed E-state index contributed by atoms with van der Waals surface area (Å²) in [7, 11) is 0. The molecule has 0 radical (unpaired) electrons. The van der Waals surface area contributed by atoms with E-state index in [-0.39, 0.29) is 0 Å². The Morgan fingerprint density at radius 1 is 1.10 bits per heavy atom. The van der Waals surface area contributed by atoms with Gasteiger partial charge >= 0.3 is 0 Å². The zero-order valence-corrected chi connectivity index (χ0v) is 12.0. The van der Waals surface area contributed by atoms with E-state index in [2.05, 4.69) is 34.7 Å². The fraction of sp³-hybridized carbons (Fsp3) is 0.533. The van der Waals surface area contributed by atoms with Crippen LogP contribution in [-0.4, -0.2) is 26.2 Å². The van der Waals surface area contributed by atoms with Crippen molar-refractivity contribution < 1.29 is 0 Å². The summed E-state index contributed by atoms with van der Waals surface area (Å²) < 4.78 is 1.77. The van der Waals surface area contributed by atoms with E-state index < -0.39 is 0 Å². The van der Waals surface area contributed by atoms with Gasteiger partial charge in [0.05, 0.1) is 5.69 Å². The molecular formula is C15H21N5. The predicted octanol–water partition coefficient (Wildman–Crippen LogP) is 2.90. The molecule has 0 amide bonds. The molecule has 3 rings (SSSR count). The molecule has 1 aromatic carbocycles. The van der Waals surface area contributed by atoms with Crippen LogP contribution in [0, 0.1) is 11.8 Å². The monoisotopic (exact) mass is 271 g/mol. The third kappa shape index (κ3) is 2.66. The van der Waals surface area contributed by atoms with E-state index in [4.69, 9.17) is 0 Å². The Hall–Kier alpha value is -1.91. The average Bonchev–Trinajstić information content (AvgIpc) is 2.92. The van der Waals surface area contributed by atoms with E-state index in [0.717, 1.165) is 23.5 Å². The standard InChI is InChI=1S/C15H21N5/c1-11-8-9-13(10-12(11)2)16-15-17-18-19-20(15)14-6-4-3-5-7-14/h3-7,11-13H,8-10H2,1-2H3,(H,16,17,19). The molecule has 0 aliphatic heterocycles. The molecule has 20 heavy (non-hydrogen) atoms. The van der Waals surface area contributed by atoms with Gasteiger partial charge in [0.25, 0.3) is 0 Å². The van der Waals surface area contributed by atoms with Crippen LogP contribution in [0.15, 0.2) is 30.3 Å². The molecule has 0 spiro atoms. The highest BCUT2D eigenvalue weighted by Gasteiger charge is 2.25. The summed E-state index contributed by atoms with van der Waals surface area (Å²) >= 11 is 0. The van der Waals surface area contributed by atoms with Crippen molar-refractivity contribution >= 4 is 5.95 Å². The zero-order valence-electron chi connectivity index (χ0n) is 12.0. The van der Waals surface area contributed by atoms with Gasteiger partial charge < -0.3 is 5.32 Å². The summed E-state index contributed by atoms with van der Waals surface area (Å²) in [6, 6.07) is 10.5. The summed E-state index contributed by atoms with van der Waals surface area (Å²) in [6.45, 7) is 4.67. The quantitative estimate of drug-likeness (QED) is 0.932. The molecule has 1 aliphatic rings. The van der Waals surface area contributed by atoms with Crippen molar-refractivity contribution in [1.29, 1.82) is 0 Å². The third-order valence-electron chi connectivity index (χ3n) is 4.40. The molecule has 5 heteroatoms. The van der Waals surface area contributed by atoms with E-state index >= 15 is 0 Å². The highest BCUT2D eigenvalue weighted by Crippen LogP contribution is 2.30. The van der Waals surface area contributed by atoms with Gasteiger partial charge in [-0.3, -0.25) is 0 Å². The van der Waals surface area contributed by atoms with Crippen molar-refractivity contribution in [2.24, 2.45) is 11.8 Å². The van der Waals surface area contributed by atoms with Crippen molar-refractivity contribution in [1.82, 2.24) is 20.2 Å². The Morgan fingerprint density at radius 3 is 2.65 bits per heavy atom. The van der Waals surface area contributed by atoms with E-state index in [1.54, 1.807) is 4.68 Å². The van der Waals surface area contributed by atoms with E-state index in [1.807, 2.05) is 30.3 Å². The lowest BCUT2D eigenvalue weighted by molar-refractivity contribution is 0.260. The Labute approximate surface area is 119 Å². The molecule has 0 saturated heterocycles. The Kier molecular flexibility index (Phi) is 3.67. The van der Waals surface area contributed by atoms with Crippen LogP contribution >= 0.6 is 0 Å². The van der Waals surface area contributed by atoms with Gasteiger partial charge in [0.1, 0.15) is 0 Å². The molecule has 3 unspecified atom stereocenters. The second kappa shape index (κ2) is 5.61. The van der Waals surface area contributed by atoms with Crippen LogP contribution < -0.4 is 5.32 Å². The summed E-state index contributed by atoms with van der Waals surface area (Å²) in [5.74, 6) is 2.31. The van der Waals surface area contributed by atoms with Crippen LogP contribution in [-0.2, 0) is 0 Å². The molecule has 1 fully saturated rings. The van der Waals surface area contributed by atoms with Crippen LogP contribution in [0.1, 0.15) is 33.1 Å². The second-order valence-corrected chi connectivity index (χ2v) is 5.86. The number of nitrogens with zero attached hydrogens (tertiary/aromatic N) is 4. The van der Waals surface area contributed by atoms with Crippen LogP contribution in [0.4, 0.5) is 5.95 Å². The third-order valence-corrected chi connectivity index (χ3v) is 4.40. The van der Waals surface area contributed by atoms with E-state index in [0.29, 0.717) is 6.04 Å². The largest absolute Gasteiger partial charge is 0.350 e. The normalized spacial score (nSPS) is 26.4. The Bertz CT molecular complexity index is 550. The average molecular weight is 271 g/mol. The summed E-state index contributed by atoms with van der Waals surface area (Å²) in [5, 5.41) is 15.5. The fourth-order valence-corrected chi connectivity index (χ4v) is 2.88. The predicted molar refractivity (Wildman–Crippen MR) is 78.7 cm³/mol. The topological polar surface area (TPSA) is 55.6 Å². The second-order valence-electron chi connectivity index (χ2n) is 5.86. The van der Waals surface area contributed by atoms with Gasteiger partial charge in [0, 0.05) is 6.04 Å². The van der Waals surface area contributed by atoms with Crippen molar-refractivity contribution in [3.63, 3.8) is 0 Å². The summed E-state index contributed by atoms with van der Waals surface area (Å²) in [6.07, 6.45) is 3.64. The summed E-state index contributed by atoms with van der Waals surface area (Å²) in [5.41, 5.74) is 0.984. The Morgan fingerprint density at radius 2 is 1.90 bits per heavy atom. The van der Waals surface area contributed by atoms with E-state index in [9.17, 15) is 0 Å². The molecule has 2 aromatic rings. The number of aromatic nitrogens is 4. The summed E-state index contributed by atoms with van der Waals surface area (Å²) in [4.78, 5) is 0. The van der Waals surface area contributed by atoms with Gasteiger partial charge in [0.2, 0.25) is 5.95 Å². The van der Waals surface area contributed by atoms with Crippen LogP contribution in [0.25, 0.3) is 5.69 Å². The first kappa shape index (κ1) is 13.1. The lowest BCUT2D eigenvalue weighted by atomic mass is 9.79. The highest BCUT2D eigenvalue weighted by molar-refractivity contribution is 5.38. The molecule has 106 valence electrons. The smallest absolute Gasteiger partial charge is 0.247 e. The zero-order chi connectivity index (χ0) is 13.9. The lowest BCUT2D eigenvalue weighted by Crippen LogP contribution is -2.31. The molecule has 1 aromatic heterocycles. The Balaban J connectivity index is 1.75. The van der Waals surface area contributed by atoms with Crippen molar-refractivity contribution in [2.45, 2.75) is 39.2 Å². The maximum Gasteiger partial charge on any atom is 0.247 e. The number of anilines is 1. The van der Waals surface area contributed by atoms with Crippen molar-refractivity contribution in [2.75, 3.05) is 5.32 Å². The molecule has 1 aliphatic carbocycles. The first-order valence-electron chi connectivity index (χ1n) is 7.34. The molecule has 1 saturated carbocycles. The minimum atomic E-state index is 0.467. The number of hydrogen-bond donors (Lipinski definition) is 1. The number of para-hydroxylation sites is 1. The minimum absolute atomic E-state index is 0.467. The molecule has 3 atom stereocenters. The number of tetrazole rings is 1. The molecule has 1 heterocycles. The van der Waals surface area contributed by atoms with Crippen LogP contribution in [0.5, 0.6) is 0 Å². The highest BCUT2D eigenvalue weighted by atomic mass is 15.6. The van der Waals surface area contributed by atoms with Crippen LogP contribution in [0.2, 0.25) is 0 Å². The van der Waals surface area contributed by atoms with Gasteiger partial charge in [-0.2, -0.15) is 4.68 Å². The molecular weight excluding hydrogens is 250 g/mol. The first-order chi connectivity index (χ1) is 9.74. The first-order valence-corrected chi connectivity index (χ1v) is 7.34. The van der Waals surface area contributed by atoms with Crippen LogP contribution in [0.3, 0.4) is 0 Å². The molecule has 1 N–H and O–H groups in total. The maximum absolute atomic E-state index is 4.12. The minimum Gasteiger partial charge on any atom is -0.350 e. The van der Waals surface area contributed by atoms with Crippen molar-refractivity contribution in [3.8, 4) is 5.69 Å². The number of hydrogen-bond acceptors (Lipinski definition) is 4. The van der Waals surface area contributed by atoms with E-state index in [1.165, 1.54) is 19.3 Å². The molecule has 5 nitrogen and oxygen atoms in total. The SMILES string of the molecule is CC1CCC(Nc2nnnn2-c2ccccc2)CC1C. The van der Waals surface area contributed by atoms with Crippen molar-refractivity contribution in [3.05, 3.63) is 30.3 Å². The van der Waals surface area contributed by atoms with Gasteiger partial charge in [-0.1, -0.05) is 37.1 Å². The lowest BCUT2D eigenvalue weighted by Gasteiger charge is -2.32. The number of benzene rings is 1. The van der Waals surface area contributed by atoms with Gasteiger partial charge in [-0.05, 0) is 53.7 Å². The number of rotatable bonds is 3. The van der Waals surface area contributed by atoms with Gasteiger partial charge in [-0.15, -0.1) is 0 Å². The fourth-order valence-electron chi connectivity index (χ4n) is 2.88. The number of nitrogens with one attached hydrogen (secondary N) is 1. The maximum atomic E-state index is 4.12. The van der Waals surface area contributed by atoms with Gasteiger partial charge in [0.15, 0.2) is 0 Å². The molecule has 0 bridgehead atoms.